The van der Waals surface area contributed by atoms with Gasteiger partial charge in [0.2, 0.25) is 0 Å². The number of carbonyl (C=O) groups excluding carboxylic acids is 2. The second-order valence-corrected chi connectivity index (χ2v) is 10.0. The molecule has 3 aromatic carbocycles. The van der Waals surface area contributed by atoms with Crippen molar-refractivity contribution in [3.63, 3.8) is 0 Å². The summed E-state index contributed by atoms with van der Waals surface area (Å²) >= 11 is 20.6. The topological polar surface area (TPSA) is 64.7 Å². The Morgan fingerprint density at radius 1 is 0.886 bits per heavy atom. The third-order valence-electron chi connectivity index (χ3n) is 5.55. The molecule has 2 amide bonds. The quantitative estimate of drug-likeness (QED) is 0.373. The first-order valence-corrected chi connectivity index (χ1v) is 12.7. The highest BCUT2D eigenvalue weighted by atomic mass is 79.9. The molecule has 4 rings (SSSR count). The molecule has 1 fully saturated rings. The minimum Gasteiger partial charge on any atom is -0.368 e. The van der Waals surface area contributed by atoms with E-state index >= 15 is 0 Å². The highest BCUT2D eigenvalue weighted by Gasteiger charge is 2.22. The highest BCUT2D eigenvalue weighted by Crippen LogP contribution is 2.22. The van der Waals surface area contributed by atoms with Crippen molar-refractivity contribution in [2.75, 3.05) is 36.4 Å². The Balaban J connectivity index is 1.29. The van der Waals surface area contributed by atoms with E-state index in [1.807, 2.05) is 29.2 Å². The van der Waals surface area contributed by atoms with Crippen molar-refractivity contribution in [1.82, 2.24) is 10.2 Å². The number of thiocarbonyl (C=S) groups is 1. The molecule has 0 aliphatic carbocycles. The Hall–Kier alpha value is -2.65. The molecular formula is C25H21BrCl2N4O2S. The lowest BCUT2D eigenvalue weighted by atomic mass is 10.1. The van der Waals surface area contributed by atoms with E-state index < -0.39 is 5.91 Å². The standard InChI is InChI=1S/C25H21BrCl2N4O2S/c26-17-3-10-22(28)21(15-17)23(33)30-25(35)29-19-6-8-20(9-7-19)31-11-13-32(14-12-31)24(34)16-1-4-18(27)5-2-16/h1-10,15H,11-14H2,(H2,29,30,33,35). The van der Waals surface area contributed by atoms with Gasteiger partial charge in [0.25, 0.3) is 11.8 Å². The van der Waals surface area contributed by atoms with Crippen LogP contribution >= 0.6 is 51.3 Å². The van der Waals surface area contributed by atoms with Crippen LogP contribution in [-0.4, -0.2) is 48.0 Å². The number of halogens is 3. The van der Waals surface area contributed by atoms with Crippen LogP contribution in [0.2, 0.25) is 10.0 Å². The van der Waals surface area contributed by atoms with E-state index in [2.05, 4.69) is 31.5 Å². The van der Waals surface area contributed by atoms with Crippen molar-refractivity contribution < 1.29 is 9.59 Å². The second-order valence-electron chi connectivity index (χ2n) is 7.87. The first-order chi connectivity index (χ1) is 16.8. The smallest absolute Gasteiger partial charge is 0.258 e. The van der Waals surface area contributed by atoms with Crippen molar-refractivity contribution >= 4 is 79.7 Å². The number of amides is 2. The fourth-order valence-corrected chi connectivity index (χ4v) is 4.60. The molecule has 10 heteroatoms. The Kier molecular flexibility index (Phi) is 8.28. The predicted molar refractivity (Wildman–Crippen MR) is 149 cm³/mol. The maximum Gasteiger partial charge on any atom is 0.258 e. The molecule has 3 aromatic rings. The summed E-state index contributed by atoms with van der Waals surface area (Å²) in [6.45, 7) is 2.73. The van der Waals surface area contributed by atoms with Crippen LogP contribution in [0.5, 0.6) is 0 Å². The Bertz CT molecular complexity index is 1250. The van der Waals surface area contributed by atoms with Gasteiger partial charge in [0.1, 0.15) is 0 Å². The zero-order chi connectivity index (χ0) is 24.9. The Labute approximate surface area is 227 Å². The summed E-state index contributed by atoms with van der Waals surface area (Å²) in [5.41, 5.74) is 2.76. The monoisotopic (exact) mass is 590 g/mol. The molecule has 35 heavy (non-hydrogen) atoms. The molecule has 0 unspecified atom stereocenters. The molecule has 0 radical (unpaired) electrons. The number of rotatable bonds is 4. The maximum absolute atomic E-state index is 12.7. The largest absolute Gasteiger partial charge is 0.368 e. The van der Waals surface area contributed by atoms with Crippen LogP contribution in [0.15, 0.2) is 71.2 Å². The lowest BCUT2D eigenvalue weighted by Crippen LogP contribution is -2.48. The van der Waals surface area contributed by atoms with Crippen molar-refractivity contribution in [1.29, 1.82) is 0 Å². The van der Waals surface area contributed by atoms with Gasteiger partial charge in [-0.3, -0.25) is 14.9 Å². The zero-order valence-corrected chi connectivity index (χ0v) is 22.3. The SMILES string of the molecule is O=C(NC(=S)Nc1ccc(N2CCN(C(=O)c3ccc(Cl)cc3)CC2)cc1)c1cc(Br)ccc1Cl. The molecular weight excluding hydrogens is 571 g/mol. The van der Waals surface area contributed by atoms with E-state index in [0.717, 1.165) is 28.9 Å². The predicted octanol–water partition coefficient (Wildman–Crippen LogP) is 5.85. The van der Waals surface area contributed by atoms with Crippen LogP contribution in [-0.2, 0) is 0 Å². The normalized spacial score (nSPS) is 13.3. The number of carbonyl (C=O) groups is 2. The molecule has 0 bridgehead atoms. The van der Waals surface area contributed by atoms with Gasteiger partial charge in [-0.15, -0.1) is 0 Å². The summed E-state index contributed by atoms with van der Waals surface area (Å²) in [5, 5.41) is 6.79. The van der Waals surface area contributed by atoms with E-state index in [0.29, 0.717) is 34.3 Å². The van der Waals surface area contributed by atoms with Gasteiger partial charge in [-0.1, -0.05) is 39.1 Å². The first-order valence-electron chi connectivity index (χ1n) is 10.8. The zero-order valence-electron chi connectivity index (χ0n) is 18.4. The molecule has 0 saturated carbocycles. The van der Waals surface area contributed by atoms with Crippen LogP contribution in [0.1, 0.15) is 20.7 Å². The van der Waals surface area contributed by atoms with Gasteiger partial charge in [0, 0.05) is 52.6 Å². The molecule has 1 aliphatic heterocycles. The third kappa shape index (κ3) is 6.52. The molecule has 1 saturated heterocycles. The molecule has 0 atom stereocenters. The molecule has 1 heterocycles. The van der Waals surface area contributed by atoms with Crippen LogP contribution < -0.4 is 15.5 Å². The average Bonchev–Trinajstić information content (AvgIpc) is 2.86. The lowest BCUT2D eigenvalue weighted by Gasteiger charge is -2.36. The number of nitrogens with zero attached hydrogens (tertiary/aromatic N) is 2. The molecule has 0 aromatic heterocycles. The minimum absolute atomic E-state index is 0.0144. The van der Waals surface area contributed by atoms with Crippen LogP contribution in [0.3, 0.4) is 0 Å². The van der Waals surface area contributed by atoms with Crippen LogP contribution in [0.4, 0.5) is 11.4 Å². The van der Waals surface area contributed by atoms with Gasteiger partial charge in [-0.25, -0.2) is 0 Å². The summed E-state index contributed by atoms with van der Waals surface area (Å²) in [4.78, 5) is 29.3. The molecule has 2 N–H and O–H groups in total. The van der Waals surface area contributed by atoms with Gasteiger partial charge < -0.3 is 15.1 Å². The summed E-state index contributed by atoms with van der Waals surface area (Å²) in [6, 6.07) is 19.8. The number of hydrogen-bond donors (Lipinski definition) is 2. The van der Waals surface area contributed by atoms with E-state index in [1.54, 1.807) is 42.5 Å². The van der Waals surface area contributed by atoms with E-state index in [1.165, 1.54) is 0 Å². The highest BCUT2D eigenvalue weighted by molar-refractivity contribution is 9.10. The summed E-state index contributed by atoms with van der Waals surface area (Å²) in [7, 11) is 0. The molecule has 0 spiro atoms. The fraction of sp³-hybridized carbons (Fsp3) is 0.160. The first kappa shape index (κ1) is 25.4. The van der Waals surface area contributed by atoms with E-state index in [-0.39, 0.29) is 11.0 Å². The number of nitrogens with one attached hydrogen (secondary N) is 2. The number of benzene rings is 3. The van der Waals surface area contributed by atoms with Crippen LogP contribution in [0, 0.1) is 0 Å². The van der Waals surface area contributed by atoms with Gasteiger partial charge in [-0.05, 0) is 78.9 Å². The molecule has 1 aliphatic rings. The van der Waals surface area contributed by atoms with Crippen molar-refractivity contribution in [3.8, 4) is 0 Å². The van der Waals surface area contributed by atoms with Crippen molar-refractivity contribution in [2.45, 2.75) is 0 Å². The van der Waals surface area contributed by atoms with Crippen LogP contribution in [0.25, 0.3) is 0 Å². The average molecular weight is 592 g/mol. The van der Waals surface area contributed by atoms with E-state index in [9.17, 15) is 9.59 Å². The van der Waals surface area contributed by atoms with Gasteiger partial charge in [0.05, 0.1) is 10.6 Å². The summed E-state index contributed by atoms with van der Waals surface area (Å²) < 4.78 is 0.747. The Morgan fingerprint density at radius 3 is 2.20 bits per heavy atom. The minimum atomic E-state index is -0.392. The second kappa shape index (κ2) is 11.4. The fourth-order valence-electron chi connectivity index (χ4n) is 3.70. The maximum atomic E-state index is 12.7. The summed E-state index contributed by atoms with van der Waals surface area (Å²) in [6.07, 6.45) is 0. The van der Waals surface area contributed by atoms with Gasteiger partial charge >= 0.3 is 0 Å². The van der Waals surface area contributed by atoms with Gasteiger partial charge in [-0.2, -0.15) is 0 Å². The molecule has 180 valence electrons. The van der Waals surface area contributed by atoms with Crippen molar-refractivity contribution in [2.24, 2.45) is 0 Å². The number of piperazine rings is 1. The van der Waals surface area contributed by atoms with Crippen molar-refractivity contribution in [3.05, 3.63) is 92.4 Å². The number of anilines is 2. The third-order valence-corrected chi connectivity index (χ3v) is 6.83. The lowest BCUT2D eigenvalue weighted by molar-refractivity contribution is 0.0746. The summed E-state index contributed by atoms with van der Waals surface area (Å²) in [5.74, 6) is -0.378. The number of hydrogen-bond acceptors (Lipinski definition) is 4. The van der Waals surface area contributed by atoms with Gasteiger partial charge in [0.15, 0.2) is 5.11 Å². The Morgan fingerprint density at radius 2 is 1.54 bits per heavy atom. The van der Waals surface area contributed by atoms with E-state index in [4.69, 9.17) is 35.4 Å². The molecule has 6 nitrogen and oxygen atoms in total.